The largest absolute Gasteiger partial charge is 0.493 e. The number of likely N-dealkylation sites (tertiary alicyclic amines) is 1. The lowest BCUT2D eigenvalue weighted by atomic mass is 10.2. The monoisotopic (exact) mass is 391 g/mol. The summed E-state index contributed by atoms with van der Waals surface area (Å²) in [5, 5.41) is 15.8. The third kappa shape index (κ3) is 6.46. The molecule has 1 fully saturated rings. The van der Waals surface area contributed by atoms with E-state index < -0.39 is 6.10 Å². The number of nitrogens with one attached hydrogen (secondary N) is 1. The summed E-state index contributed by atoms with van der Waals surface area (Å²) in [4.78, 5) is 6.58. The van der Waals surface area contributed by atoms with Gasteiger partial charge in [-0.2, -0.15) is 0 Å². The number of aliphatic hydroxyl groups excluding tert-OH is 1. The summed E-state index contributed by atoms with van der Waals surface area (Å²) >= 11 is 1.62. The van der Waals surface area contributed by atoms with E-state index in [1.54, 1.807) is 18.4 Å². The lowest BCUT2D eigenvalue weighted by molar-refractivity contribution is 0.0746. The van der Waals surface area contributed by atoms with E-state index >= 15 is 0 Å². The normalized spacial score (nSPS) is 15.8. The van der Waals surface area contributed by atoms with Crippen molar-refractivity contribution >= 4 is 11.3 Å². The number of hydrogen-bond donors (Lipinski definition) is 2. The molecule has 3 rings (SSSR count). The topological polar surface area (TPSA) is 66.8 Å². The second kappa shape index (κ2) is 10.6. The molecule has 0 saturated carbocycles. The van der Waals surface area contributed by atoms with Gasteiger partial charge in [-0.1, -0.05) is 6.07 Å². The molecule has 1 unspecified atom stereocenters. The summed E-state index contributed by atoms with van der Waals surface area (Å²) in [6.45, 7) is 4.71. The van der Waals surface area contributed by atoms with Crippen molar-refractivity contribution in [2.45, 2.75) is 31.9 Å². The van der Waals surface area contributed by atoms with E-state index in [0.717, 1.165) is 43.9 Å². The second-order valence-corrected chi connectivity index (χ2v) is 7.58. The van der Waals surface area contributed by atoms with Crippen molar-refractivity contribution in [3.05, 3.63) is 40.3 Å². The van der Waals surface area contributed by atoms with Gasteiger partial charge in [-0.15, -0.1) is 11.3 Å². The van der Waals surface area contributed by atoms with Crippen molar-refractivity contribution in [3.63, 3.8) is 0 Å². The molecule has 1 atom stereocenters. The maximum Gasteiger partial charge on any atom is 0.161 e. The highest BCUT2D eigenvalue weighted by Gasteiger charge is 2.17. The molecular formula is C20H29N3O3S. The molecule has 2 heterocycles. The van der Waals surface area contributed by atoms with E-state index in [9.17, 15) is 5.11 Å². The third-order valence-electron chi connectivity index (χ3n) is 4.70. The van der Waals surface area contributed by atoms with E-state index in [1.165, 1.54) is 12.8 Å². The fourth-order valence-corrected chi connectivity index (χ4v) is 3.85. The Morgan fingerprint density at radius 3 is 2.89 bits per heavy atom. The number of methoxy groups -OCH3 is 1. The molecule has 2 aromatic rings. The molecule has 1 saturated heterocycles. The van der Waals surface area contributed by atoms with Crippen LogP contribution < -0.4 is 14.8 Å². The van der Waals surface area contributed by atoms with Gasteiger partial charge in [0.2, 0.25) is 0 Å². The minimum Gasteiger partial charge on any atom is -0.493 e. The Balaban J connectivity index is 1.46. The Morgan fingerprint density at radius 1 is 1.30 bits per heavy atom. The van der Waals surface area contributed by atoms with Gasteiger partial charge in [0, 0.05) is 31.4 Å². The van der Waals surface area contributed by atoms with Gasteiger partial charge in [0.1, 0.15) is 12.7 Å². The van der Waals surface area contributed by atoms with Crippen LogP contribution in [0.1, 0.15) is 24.1 Å². The Hall–Kier alpha value is -1.67. The first-order valence-corrected chi connectivity index (χ1v) is 10.5. The summed E-state index contributed by atoms with van der Waals surface area (Å²) in [5.41, 5.74) is 4.11. The molecule has 1 aliphatic heterocycles. The summed E-state index contributed by atoms with van der Waals surface area (Å²) < 4.78 is 11.3. The average molecular weight is 392 g/mol. The van der Waals surface area contributed by atoms with E-state index in [1.807, 2.05) is 23.7 Å². The van der Waals surface area contributed by atoms with Gasteiger partial charge in [-0.25, -0.2) is 4.98 Å². The molecule has 0 amide bonds. The van der Waals surface area contributed by atoms with Crippen LogP contribution in [-0.2, 0) is 13.0 Å². The molecule has 0 radical (unpaired) electrons. The van der Waals surface area contributed by atoms with Crippen molar-refractivity contribution in [2.24, 2.45) is 0 Å². The smallest absolute Gasteiger partial charge is 0.161 e. The molecule has 0 aliphatic carbocycles. The molecule has 0 spiro atoms. The highest BCUT2D eigenvalue weighted by molar-refractivity contribution is 7.07. The van der Waals surface area contributed by atoms with E-state index in [-0.39, 0.29) is 6.61 Å². The quantitative estimate of drug-likeness (QED) is 0.573. The first kappa shape index (κ1) is 20.1. The molecule has 27 heavy (non-hydrogen) atoms. The summed E-state index contributed by atoms with van der Waals surface area (Å²) in [6.07, 6.45) is 2.87. The lowest BCUT2D eigenvalue weighted by Gasteiger charge is -2.20. The summed E-state index contributed by atoms with van der Waals surface area (Å²) in [6, 6.07) is 5.93. The molecule has 6 nitrogen and oxygen atoms in total. The van der Waals surface area contributed by atoms with Gasteiger partial charge < -0.3 is 24.8 Å². The van der Waals surface area contributed by atoms with Crippen LogP contribution in [0.5, 0.6) is 11.5 Å². The molecular weight excluding hydrogens is 362 g/mol. The number of nitrogens with zero attached hydrogens (tertiary/aromatic N) is 2. The minimum atomic E-state index is -0.493. The maximum absolute atomic E-state index is 10.2. The first-order valence-electron chi connectivity index (χ1n) is 9.52. The lowest BCUT2D eigenvalue weighted by Crippen LogP contribution is -2.33. The number of aliphatic hydroxyl groups is 1. The van der Waals surface area contributed by atoms with Crippen molar-refractivity contribution in [1.29, 1.82) is 0 Å². The number of ether oxygens (including phenoxy) is 2. The number of hydrogen-bond acceptors (Lipinski definition) is 7. The first-order chi connectivity index (χ1) is 13.2. The van der Waals surface area contributed by atoms with Gasteiger partial charge in [-0.3, -0.25) is 0 Å². The second-order valence-electron chi connectivity index (χ2n) is 6.86. The van der Waals surface area contributed by atoms with Crippen LogP contribution in [0.25, 0.3) is 0 Å². The Morgan fingerprint density at radius 2 is 2.15 bits per heavy atom. The number of aromatic nitrogens is 1. The van der Waals surface area contributed by atoms with Gasteiger partial charge in [0.15, 0.2) is 11.5 Å². The average Bonchev–Trinajstić information content (AvgIpc) is 3.38. The zero-order valence-corrected chi connectivity index (χ0v) is 16.7. The predicted octanol–water partition coefficient (Wildman–Crippen LogP) is 2.32. The van der Waals surface area contributed by atoms with Gasteiger partial charge in [0.25, 0.3) is 0 Å². The van der Waals surface area contributed by atoms with E-state index in [2.05, 4.69) is 20.6 Å². The van der Waals surface area contributed by atoms with Crippen molar-refractivity contribution < 1.29 is 14.6 Å². The highest BCUT2D eigenvalue weighted by Crippen LogP contribution is 2.28. The van der Waals surface area contributed by atoms with Crippen LogP contribution in [0.15, 0.2) is 29.1 Å². The van der Waals surface area contributed by atoms with Crippen molar-refractivity contribution in [2.75, 3.05) is 39.9 Å². The van der Waals surface area contributed by atoms with Crippen LogP contribution in [0.4, 0.5) is 0 Å². The Labute approximate surface area is 165 Å². The summed E-state index contributed by atoms with van der Waals surface area (Å²) in [5.74, 6) is 1.37. The fraction of sp³-hybridized carbons (Fsp3) is 0.550. The standard InChI is InChI=1S/C20H29N3O3S/c1-25-19-5-4-16(11-21-7-6-17-14-27-15-22-17)10-20(19)26-13-18(24)12-23-8-2-3-9-23/h4-5,10,14-15,18,21,24H,2-3,6-9,11-13H2,1H3. The van der Waals surface area contributed by atoms with E-state index in [4.69, 9.17) is 9.47 Å². The van der Waals surface area contributed by atoms with Crippen LogP contribution in [0.2, 0.25) is 0 Å². The highest BCUT2D eigenvalue weighted by atomic mass is 32.1. The molecule has 2 N–H and O–H groups in total. The number of rotatable bonds is 11. The zero-order chi connectivity index (χ0) is 18.9. The van der Waals surface area contributed by atoms with Crippen LogP contribution in [-0.4, -0.2) is 61.0 Å². The van der Waals surface area contributed by atoms with Gasteiger partial charge >= 0.3 is 0 Å². The fourth-order valence-electron chi connectivity index (χ4n) is 3.26. The Kier molecular flexibility index (Phi) is 7.89. The molecule has 1 aromatic heterocycles. The van der Waals surface area contributed by atoms with Crippen molar-refractivity contribution in [1.82, 2.24) is 15.2 Å². The zero-order valence-electron chi connectivity index (χ0n) is 15.9. The maximum atomic E-state index is 10.2. The number of thiazole rings is 1. The number of benzene rings is 1. The molecule has 148 valence electrons. The SMILES string of the molecule is COc1ccc(CNCCc2cscn2)cc1OCC(O)CN1CCCC1. The minimum absolute atomic E-state index is 0.271. The van der Waals surface area contributed by atoms with Gasteiger partial charge in [0.05, 0.1) is 18.3 Å². The van der Waals surface area contributed by atoms with E-state index in [0.29, 0.717) is 18.0 Å². The summed E-state index contributed by atoms with van der Waals surface area (Å²) in [7, 11) is 1.63. The van der Waals surface area contributed by atoms with Gasteiger partial charge in [-0.05, 0) is 43.6 Å². The molecule has 0 bridgehead atoms. The molecule has 1 aromatic carbocycles. The third-order valence-corrected chi connectivity index (χ3v) is 5.33. The Bertz CT molecular complexity index is 675. The van der Waals surface area contributed by atoms with Crippen LogP contribution in [0, 0.1) is 0 Å². The number of β-amino-alcohol motifs (C(OH)–C–C–N with tert-alkyl or cyclic N) is 1. The van der Waals surface area contributed by atoms with Crippen molar-refractivity contribution in [3.8, 4) is 11.5 Å². The molecule has 1 aliphatic rings. The predicted molar refractivity (Wildman–Crippen MR) is 108 cm³/mol. The van der Waals surface area contributed by atoms with Crippen LogP contribution >= 0.6 is 11.3 Å². The molecule has 7 heteroatoms. The van der Waals surface area contributed by atoms with Crippen LogP contribution in [0.3, 0.4) is 0 Å².